The van der Waals surface area contributed by atoms with Gasteiger partial charge in [0.25, 0.3) is 0 Å². The number of hydrogen-bond acceptors (Lipinski definition) is 4. The van der Waals surface area contributed by atoms with Gasteiger partial charge in [-0.05, 0) is 18.2 Å². The van der Waals surface area contributed by atoms with Crippen LogP contribution < -0.4 is 0 Å². The molecule has 0 radical (unpaired) electrons. The highest BCUT2D eigenvalue weighted by Gasteiger charge is 2.14. The van der Waals surface area contributed by atoms with Crippen molar-refractivity contribution in [1.29, 1.82) is 0 Å². The number of hydrogen-bond donors (Lipinski definition) is 0. The molecule has 0 saturated carbocycles. The fourth-order valence-electron chi connectivity index (χ4n) is 2.15. The van der Waals surface area contributed by atoms with Gasteiger partial charge in [-0.3, -0.25) is 4.90 Å². The second kappa shape index (κ2) is 6.30. The zero-order valence-electron chi connectivity index (χ0n) is 10.8. The lowest BCUT2D eigenvalue weighted by molar-refractivity contribution is 0.0337. The van der Waals surface area contributed by atoms with Gasteiger partial charge in [0.2, 0.25) is 0 Å². The van der Waals surface area contributed by atoms with Crippen LogP contribution in [-0.4, -0.2) is 36.2 Å². The second-order valence-corrected chi connectivity index (χ2v) is 6.43. The Morgan fingerprint density at radius 1 is 1.35 bits per heavy atom. The highest BCUT2D eigenvalue weighted by molar-refractivity contribution is 9.10. The molecule has 2 heterocycles. The topological polar surface area (TPSA) is 25.4 Å². The Bertz CT molecular complexity index is 599. The maximum Gasteiger partial charge on any atom is 0.134 e. The Labute approximate surface area is 129 Å². The van der Waals surface area contributed by atoms with Gasteiger partial charge in [0.05, 0.1) is 18.9 Å². The van der Waals surface area contributed by atoms with E-state index in [0.717, 1.165) is 48.0 Å². The predicted octanol–water partition coefficient (Wildman–Crippen LogP) is 3.54. The van der Waals surface area contributed by atoms with Crippen LogP contribution in [0.25, 0.3) is 10.6 Å². The molecule has 1 fully saturated rings. The van der Waals surface area contributed by atoms with E-state index in [4.69, 9.17) is 4.74 Å². The van der Waals surface area contributed by atoms with E-state index in [2.05, 4.69) is 25.8 Å². The standard InChI is InChI=1S/C14H14BrFN2OS/c15-10-1-2-12(13(16)7-10)14-17-11(9-20-14)8-18-3-5-19-6-4-18/h1-2,7,9H,3-6,8H2. The normalized spacial score (nSPS) is 16.5. The Morgan fingerprint density at radius 2 is 2.15 bits per heavy atom. The quantitative estimate of drug-likeness (QED) is 0.840. The van der Waals surface area contributed by atoms with Crippen molar-refractivity contribution in [3.05, 3.63) is 39.6 Å². The molecule has 0 N–H and O–H groups in total. The molecular formula is C14H14BrFN2OS. The van der Waals surface area contributed by atoms with Gasteiger partial charge < -0.3 is 4.74 Å². The lowest BCUT2D eigenvalue weighted by Gasteiger charge is -2.25. The number of ether oxygens (including phenoxy) is 1. The zero-order chi connectivity index (χ0) is 13.9. The Kier molecular flexibility index (Phi) is 4.45. The molecule has 0 aliphatic carbocycles. The van der Waals surface area contributed by atoms with Crippen LogP contribution in [0, 0.1) is 5.82 Å². The van der Waals surface area contributed by atoms with Crippen LogP contribution in [0.4, 0.5) is 4.39 Å². The lowest BCUT2D eigenvalue weighted by atomic mass is 10.2. The molecule has 1 aliphatic rings. The molecule has 6 heteroatoms. The van der Waals surface area contributed by atoms with E-state index in [1.165, 1.54) is 17.4 Å². The molecule has 0 amide bonds. The Morgan fingerprint density at radius 3 is 2.90 bits per heavy atom. The molecule has 3 nitrogen and oxygen atoms in total. The summed E-state index contributed by atoms with van der Waals surface area (Å²) >= 11 is 4.75. The molecule has 2 aromatic rings. The minimum absolute atomic E-state index is 0.244. The third-order valence-electron chi connectivity index (χ3n) is 3.20. The van der Waals surface area contributed by atoms with Crippen LogP contribution >= 0.6 is 27.3 Å². The van der Waals surface area contributed by atoms with Crippen LogP contribution in [0.1, 0.15) is 5.69 Å². The summed E-state index contributed by atoms with van der Waals surface area (Å²) < 4.78 is 20.0. The van der Waals surface area contributed by atoms with Crippen molar-refractivity contribution in [3.8, 4) is 10.6 Å². The van der Waals surface area contributed by atoms with Crippen molar-refractivity contribution in [2.75, 3.05) is 26.3 Å². The highest BCUT2D eigenvalue weighted by Crippen LogP contribution is 2.28. The third-order valence-corrected chi connectivity index (χ3v) is 4.62. The summed E-state index contributed by atoms with van der Waals surface area (Å²) in [7, 11) is 0. The van der Waals surface area contributed by atoms with Crippen molar-refractivity contribution in [2.24, 2.45) is 0 Å². The van der Waals surface area contributed by atoms with Gasteiger partial charge in [-0.15, -0.1) is 11.3 Å². The molecule has 1 aliphatic heterocycles. The number of aromatic nitrogens is 1. The maximum atomic E-state index is 13.9. The van der Waals surface area contributed by atoms with E-state index in [9.17, 15) is 4.39 Å². The zero-order valence-corrected chi connectivity index (χ0v) is 13.2. The summed E-state index contributed by atoms with van der Waals surface area (Å²) in [6.07, 6.45) is 0. The van der Waals surface area contributed by atoms with E-state index in [1.54, 1.807) is 6.07 Å². The van der Waals surface area contributed by atoms with E-state index in [-0.39, 0.29) is 5.82 Å². The molecule has 0 spiro atoms. The number of benzene rings is 1. The van der Waals surface area contributed by atoms with Gasteiger partial charge in [0, 0.05) is 35.1 Å². The van der Waals surface area contributed by atoms with E-state index in [1.807, 2.05) is 11.4 Å². The fraction of sp³-hybridized carbons (Fsp3) is 0.357. The molecule has 3 rings (SSSR count). The average Bonchev–Trinajstić information content (AvgIpc) is 2.88. The minimum Gasteiger partial charge on any atom is -0.379 e. The number of rotatable bonds is 3. The number of nitrogens with zero attached hydrogens (tertiary/aromatic N) is 2. The maximum absolute atomic E-state index is 13.9. The van der Waals surface area contributed by atoms with E-state index >= 15 is 0 Å². The Hall–Kier alpha value is -0.820. The van der Waals surface area contributed by atoms with Gasteiger partial charge in [0.15, 0.2) is 0 Å². The third kappa shape index (κ3) is 3.25. The van der Waals surface area contributed by atoms with Crippen LogP contribution in [0.5, 0.6) is 0 Å². The first kappa shape index (κ1) is 14.1. The first-order chi connectivity index (χ1) is 9.72. The Balaban J connectivity index is 1.75. The summed E-state index contributed by atoms with van der Waals surface area (Å²) in [6.45, 7) is 4.22. The number of thiazole rings is 1. The van der Waals surface area contributed by atoms with Gasteiger partial charge in [0.1, 0.15) is 10.8 Å². The van der Waals surface area contributed by atoms with Crippen LogP contribution in [0.15, 0.2) is 28.1 Å². The van der Waals surface area contributed by atoms with E-state index in [0.29, 0.717) is 5.56 Å². The highest BCUT2D eigenvalue weighted by atomic mass is 79.9. The monoisotopic (exact) mass is 356 g/mol. The first-order valence-corrected chi connectivity index (χ1v) is 8.09. The van der Waals surface area contributed by atoms with Crippen LogP contribution in [-0.2, 0) is 11.3 Å². The molecule has 0 atom stereocenters. The van der Waals surface area contributed by atoms with Crippen LogP contribution in [0.3, 0.4) is 0 Å². The first-order valence-electron chi connectivity index (χ1n) is 6.42. The van der Waals surface area contributed by atoms with E-state index < -0.39 is 0 Å². The van der Waals surface area contributed by atoms with Gasteiger partial charge in [-0.1, -0.05) is 15.9 Å². The largest absolute Gasteiger partial charge is 0.379 e. The predicted molar refractivity (Wildman–Crippen MR) is 81.3 cm³/mol. The fourth-order valence-corrected chi connectivity index (χ4v) is 3.33. The molecule has 20 heavy (non-hydrogen) atoms. The summed E-state index contributed by atoms with van der Waals surface area (Å²) in [6, 6.07) is 5.07. The number of morpholine rings is 1. The minimum atomic E-state index is -0.244. The van der Waals surface area contributed by atoms with Gasteiger partial charge in [-0.2, -0.15) is 0 Å². The second-order valence-electron chi connectivity index (χ2n) is 4.66. The van der Waals surface area contributed by atoms with Gasteiger partial charge in [-0.25, -0.2) is 9.37 Å². The molecule has 1 aromatic heterocycles. The van der Waals surface area contributed by atoms with Crippen molar-refractivity contribution >= 4 is 27.3 Å². The summed E-state index contributed by atoms with van der Waals surface area (Å²) in [5.74, 6) is -0.244. The smallest absolute Gasteiger partial charge is 0.134 e. The van der Waals surface area contributed by atoms with Crippen LogP contribution in [0.2, 0.25) is 0 Å². The van der Waals surface area contributed by atoms with Crippen molar-refractivity contribution in [1.82, 2.24) is 9.88 Å². The lowest BCUT2D eigenvalue weighted by Crippen LogP contribution is -2.35. The van der Waals surface area contributed by atoms with Crippen molar-refractivity contribution in [3.63, 3.8) is 0 Å². The summed E-state index contributed by atoms with van der Waals surface area (Å²) in [5, 5.41) is 2.74. The molecule has 0 unspecified atom stereocenters. The SMILES string of the molecule is Fc1cc(Br)ccc1-c1nc(CN2CCOCC2)cs1. The van der Waals surface area contributed by atoms with Crippen molar-refractivity contribution in [2.45, 2.75) is 6.54 Å². The summed E-state index contributed by atoms with van der Waals surface area (Å²) in [4.78, 5) is 6.85. The molecule has 1 saturated heterocycles. The number of halogens is 2. The van der Waals surface area contributed by atoms with Gasteiger partial charge >= 0.3 is 0 Å². The average molecular weight is 357 g/mol. The molecule has 106 valence electrons. The molecular weight excluding hydrogens is 343 g/mol. The van der Waals surface area contributed by atoms with Crippen molar-refractivity contribution < 1.29 is 9.13 Å². The summed E-state index contributed by atoms with van der Waals surface area (Å²) in [5.41, 5.74) is 1.56. The molecule has 0 bridgehead atoms. The molecule has 1 aromatic carbocycles.